The van der Waals surface area contributed by atoms with Gasteiger partial charge in [0.1, 0.15) is 12.3 Å². The maximum Gasteiger partial charge on any atom is 0.426 e. The molecule has 140 valence electrons. The number of hydrogen-bond acceptors (Lipinski definition) is 6. The van der Waals surface area contributed by atoms with Gasteiger partial charge in [-0.25, -0.2) is 14.8 Å². The molecule has 1 unspecified atom stereocenters. The predicted octanol–water partition coefficient (Wildman–Crippen LogP) is 3.33. The number of rotatable bonds is 8. The number of aldehydes is 1. The van der Waals surface area contributed by atoms with E-state index in [4.69, 9.17) is 4.42 Å². The van der Waals surface area contributed by atoms with E-state index in [1.807, 2.05) is 38.9 Å². The molecule has 1 heterocycles. The second-order valence-corrected chi connectivity index (χ2v) is 6.59. The zero-order chi connectivity index (χ0) is 19.3. The van der Waals surface area contributed by atoms with Crippen LogP contribution in [0.4, 0.5) is 16.2 Å². The van der Waals surface area contributed by atoms with Gasteiger partial charge < -0.3 is 19.2 Å². The third-order valence-corrected chi connectivity index (χ3v) is 3.83. The van der Waals surface area contributed by atoms with Crippen molar-refractivity contribution in [2.24, 2.45) is 5.92 Å². The number of aromatic nitrogens is 1. The molecule has 0 bridgehead atoms. The molecule has 0 aliphatic heterocycles. The summed E-state index contributed by atoms with van der Waals surface area (Å²) >= 11 is 0. The number of oxazole rings is 1. The van der Waals surface area contributed by atoms with Crippen LogP contribution in [0.1, 0.15) is 20.3 Å². The van der Waals surface area contributed by atoms with Gasteiger partial charge in [0.15, 0.2) is 12.2 Å². The molecule has 0 radical (unpaired) electrons. The van der Waals surface area contributed by atoms with Gasteiger partial charge in [0, 0.05) is 25.3 Å². The summed E-state index contributed by atoms with van der Waals surface area (Å²) in [6.45, 7) is 3.87. The molecule has 0 spiro atoms. The number of carbonyl (C=O) groups is 2. The van der Waals surface area contributed by atoms with Gasteiger partial charge in [-0.05, 0) is 30.5 Å². The first-order valence-electron chi connectivity index (χ1n) is 8.27. The Hall–Kier alpha value is -3.03. The Bertz CT molecular complexity index is 744. The number of carbonyl (C=O) groups excluding carboxylic acids is 1. The van der Waals surface area contributed by atoms with Crippen molar-refractivity contribution in [3.63, 3.8) is 0 Å². The number of hydrazine groups is 1. The summed E-state index contributed by atoms with van der Waals surface area (Å²) in [5.74, 6) is 0.793. The van der Waals surface area contributed by atoms with Crippen LogP contribution in [0.15, 0.2) is 35.2 Å². The molecule has 0 aliphatic carbocycles. The van der Waals surface area contributed by atoms with Gasteiger partial charge in [-0.1, -0.05) is 13.8 Å². The molecule has 2 rings (SSSR count). The predicted molar refractivity (Wildman–Crippen MR) is 99.1 cm³/mol. The lowest BCUT2D eigenvalue weighted by atomic mass is 10.0. The Kier molecular flexibility index (Phi) is 6.21. The lowest BCUT2D eigenvalue weighted by Gasteiger charge is -2.28. The zero-order valence-corrected chi connectivity index (χ0v) is 15.3. The lowest BCUT2D eigenvalue weighted by Crippen LogP contribution is -2.45. The summed E-state index contributed by atoms with van der Waals surface area (Å²) in [6, 6.07) is 4.57. The second kappa shape index (κ2) is 8.37. The molecule has 8 nitrogen and oxygen atoms in total. The van der Waals surface area contributed by atoms with E-state index in [1.165, 1.54) is 6.39 Å². The Balaban J connectivity index is 2.33. The van der Waals surface area contributed by atoms with E-state index in [1.54, 1.807) is 18.3 Å². The van der Waals surface area contributed by atoms with Crippen LogP contribution in [-0.4, -0.2) is 47.6 Å². The number of benzene rings is 1. The smallest absolute Gasteiger partial charge is 0.426 e. The van der Waals surface area contributed by atoms with E-state index >= 15 is 0 Å². The fourth-order valence-electron chi connectivity index (χ4n) is 2.64. The molecule has 0 fully saturated rings. The fraction of sp³-hybridized carbons (Fsp3) is 0.389. The minimum atomic E-state index is -1.21. The first-order valence-corrected chi connectivity index (χ1v) is 8.27. The quantitative estimate of drug-likeness (QED) is 0.550. The normalized spacial score (nSPS) is 11.9. The van der Waals surface area contributed by atoms with E-state index in [9.17, 15) is 14.7 Å². The van der Waals surface area contributed by atoms with Gasteiger partial charge in [0.25, 0.3) is 0 Å². The molecular formula is C18H24N4O4. The molecule has 2 aromatic rings. The van der Waals surface area contributed by atoms with Crippen LogP contribution < -0.4 is 10.3 Å². The molecule has 2 N–H and O–H groups in total. The number of hydrogen-bond donors (Lipinski definition) is 2. The maximum absolute atomic E-state index is 11.6. The van der Waals surface area contributed by atoms with Crippen LogP contribution in [0, 0.1) is 5.92 Å². The molecule has 26 heavy (non-hydrogen) atoms. The number of amides is 1. The molecule has 0 saturated heterocycles. The molecule has 1 amide bonds. The van der Waals surface area contributed by atoms with E-state index < -0.39 is 12.1 Å². The Morgan fingerprint density at radius 3 is 2.62 bits per heavy atom. The van der Waals surface area contributed by atoms with Crippen LogP contribution in [0.5, 0.6) is 0 Å². The summed E-state index contributed by atoms with van der Waals surface area (Å²) < 4.78 is 5.36. The lowest BCUT2D eigenvalue weighted by molar-refractivity contribution is -0.112. The minimum Gasteiger partial charge on any atom is -0.464 e. The Morgan fingerprint density at radius 2 is 2.12 bits per heavy atom. The maximum atomic E-state index is 11.6. The summed E-state index contributed by atoms with van der Waals surface area (Å²) in [6.07, 6.45) is 2.84. The van der Waals surface area contributed by atoms with Crippen molar-refractivity contribution in [1.82, 2.24) is 9.99 Å². The van der Waals surface area contributed by atoms with Gasteiger partial charge >= 0.3 is 6.09 Å². The van der Waals surface area contributed by atoms with Gasteiger partial charge in [0.05, 0.1) is 11.9 Å². The van der Waals surface area contributed by atoms with Gasteiger partial charge in [-0.15, -0.1) is 0 Å². The molecular weight excluding hydrogens is 336 g/mol. The largest absolute Gasteiger partial charge is 0.464 e. The van der Waals surface area contributed by atoms with Crippen molar-refractivity contribution in [2.45, 2.75) is 26.3 Å². The van der Waals surface area contributed by atoms with Crippen LogP contribution in [0.3, 0.4) is 0 Å². The molecule has 0 saturated carbocycles. The minimum absolute atomic E-state index is 0.181. The number of nitrogens with zero attached hydrogens (tertiary/aromatic N) is 3. The Labute approximate surface area is 152 Å². The summed E-state index contributed by atoms with van der Waals surface area (Å²) in [5.41, 5.74) is 5.03. The van der Waals surface area contributed by atoms with Crippen molar-refractivity contribution in [2.75, 3.05) is 24.4 Å². The zero-order valence-electron chi connectivity index (χ0n) is 15.3. The Morgan fingerprint density at radius 1 is 1.38 bits per heavy atom. The third kappa shape index (κ3) is 4.53. The molecule has 1 aromatic heterocycles. The standard InChI is InChI=1S/C18H24N4O4/c1-12(2)7-14(10-23)22(18(24)25)20-13-5-6-15(16(8-13)21(3)4)17-9-19-11-26-17/h5-6,8-12,14,20H,7H2,1-4H3,(H,24,25). The summed E-state index contributed by atoms with van der Waals surface area (Å²) in [4.78, 5) is 28.8. The van der Waals surface area contributed by atoms with Crippen LogP contribution in [0.2, 0.25) is 0 Å². The highest BCUT2D eigenvalue weighted by molar-refractivity contribution is 5.79. The third-order valence-electron chi connectivity index (χ3n) is 3.83. The van der Waals surface area contributed by atoms with Crippen molar-refractivity contribution in [1.29, 1.82) is 0 Å². The average Bonchev–Trinajstić information content (AvgIpc) is 3.11. The summed E-state index contributed by atoms with van der Waals surface area (Å²) in [7, 11) is 3.75. The van der Waals surface area contributed by atoms with Crippen molar-refractivity contribution < 1.29 is 19.1 Å². The number of carboxylic acid groups (broad SMARTS) is 1. The van der Waals surface area contributed by atoms with Crippen molar-refractivity contribution >= 4 is 23.8 Å². The SMILES string of the molecule is CC(C)CC(C=O)N(Nc1ccc(-c2cnco2)c(N(C)C)c1)C(=O)O. The van der Waals surface area contributed by atoms with Gasteiger partial charge in [-0.3, -0.25) is 5.43 Å². The monoisotopic (exact) mass is 360 g/mol. The first-order chi connectivity index (χ1) is 12.3. The van der Waals surface area contributed by atoms with Crippen molar-refractivity contribution in [3.8, 4) is 11.3 Å². The number of anilines is 2. The topological polar surface area (TPSA) is 98.9 Å². The second-order valence-electron chi connectivity index (χ2n) is 6.59. The molecule has 8 heteroatoms. The van der Waals surface area contributed by atoms with E-state index in [2.05, 4.69) is 10.4 Å². The first kappa shape index (κ1) is 19.3. The molecule has 1 aromatic carbocycles. The van der Waals surface area contributed by atoms with E-state index in [-0.39, 0.29) is 5.92 Å². The fourth-order valence-corrected chi connectivity index (χ4v) is 2.64. The van der Waals surface area contributed by atoms with Crippen LogP contribution in [0.25, 0.3) is 11.3 Å². The number of nitrogens with one attached hydrogen (secondary N) is 1. The summed E-state index contributed by atoms with van der Waals surface area (Å²) in [5, 5.41) is 10.4. The van der Waals surface area contributed by atoms with Crippen LogP contribution >= 0.6 is 0 Å². The van der Waals surface area contributed by atoms with Crippen LogP contribution in [-0.2, 0) is 4.79 Å². The van der Waals surface area contributed by atoms with Crippen molar-refractivity contribution in [3.05, 3.63) is 30.8 Å². The van der Waals surface area contributed by atoms with Gasteiger partial charge in [-0.2, -0.15) is 0 Å². The molecule has 1 atom stereocenters. The van der Waals surface area contributed by atoms with E-state index in [0.717, 1.165) is 16.3 Å². The van der Waals surface area contributed by atoms with Gasteiger partial charge in [0.2, 0.25) is 0 Å². The highest BCUT2D eigenvalue weighted by Crippen LogP contribution is 2.32. The highest BCUT2D eigenvalue weighted by atomic mass is 16.4. The van der Waals surface area contributed by atoms with E-state index in [0.29, 0.717) is 24.2 Å². The average molecular weight is 360 g/mol. The highest BCUT2D eigenvalue weighted by Gasteiger charge is 2.24. The molecule has 0 aliphatic rings.